The minimum atomic E-state index is -4.49. The zero-order chi connectivity index (χ0) is 20.3. The van der Waals surface area contributed by atoms with E-state index in [1.54, 1.807) is 11.5 Å². The summed E-state index contributed by atoms with van der Waals surface area (Å²) in [4.78, 5) is 24.6. The molecule has 1 unspecified atom stereocenters. The Morgan fingerprint density at radius 3 is 2.75 bits per heavy atom. The quantitative estimate of drug-likeness (QED) is 0.805. The second kappa shape index (κ2) is 8.19. The fourth-order valence-electron chi connectivity index (χ4n) is 2.63. The predicted molar refractivity (Wildman–Crippen MR) is 99.0 cm³/mol. The molecular weight excluding hydrogens is 393 g/mol. The maximum atomic E-state index is 13.2. The van der Waals surface area contributed by atoms with Crippen LogP contribution in [0.25, 0.3) is 5.57 Å². The molecule has 28 heavy (non-hydrogen) atoms. The van der Waals surface area contributed by atoms with E-state index in [4.69, 9.17) is 4.74 Å². The summed E-state index contributed by atoms with van der Waals surface area (Å²) in [5, 5.41) is 4.44. The molecule has 10 heteroatoms. The molecule has 2 aromatic heterocycles. The summed E-state index contributed by atoms with van der Waals surface area (Å²) in [5.41, 5.74) is 0.831. The van der Waals surface area contributed by atoms with Crippen molar-refractivity contribution < 1.29 is 22.7 Å². The van der Waals surface area contributed by atoms with Crippen molar-refractivity contribution in [3.05, 3.63) is 52.6 Å². The lowest BCUT2D eigenvalue weighted by Crippen LogP contribution is -2.27. The van der Waals surface area contributed by atoms with Crippen LogP contribution < -0.4 is 5.32 Å². The number of halogens is 3. The molecule has 0 spiro atoms. The maximum Gasteiger partial charge on any atom is 0.415 e. The van der Waals surface area contributed by atoms with E-state index in [1.165, 1.54) is 19.5 Å². The van der Waals surface area contributed by atoms with Gasteiger partial charge in [0.25, 0.3) is 5.91 Å². The molecule has 0 saturated carbocycles. The summed E-state index contributed by atoms with van der Waals surface area (Å²) < 4.78 is 44.6. The Balaban J connectivity index is 1.75. The van der Waals surface area contributed by atoms with Crippen LogP contribution in [0.3, 0.4) is 0 Å². The minimum absolute atomic E-state index is 0.0930. The summed E-state index contributed by atoms with van der Waals surface area (Å²) in [6, 6.07) is 0. The van der Waals surface area contributed by atoms with Gasteiger partial charge in [-0.1, -0.05) is 13.0 Å². The van der Waals surface area contributed by atoms with Crippen LogP contribution in [0.2, 0.25) is 0 Å². The highest BCUT2D eigenvalue weighted by molar-refractivity contribution is 7.14. The number of aryl methyl sites for hydroxylation is 1. The lowest BCUT2D eigenvalue weighted by Gasteiger charge is -2.24. The van der Waals surface area contributed by atoms with Gasteiger partial charge in [-0.3, -0.25) is 15.1 Å². The van der Waals surface area contributed by atoms with Crippen LogP contribution in [-0.2, 0) is 11.2 Å². The third kappa shape index (κ3) is 4.45. The molecule has 148 valence electrons. The molecule has 6 nitrogen and oxygen atoms in total. The highest BCUT2D eigenvalue weighted by Crippen LogP contribution is 2.37. The molecule has 0 aliphatic heterocycles. The van der Waals surface area contributed by atoms with Crippen molar-refractivity contribution in [1.82, 2.24) is 15.0 Å². The predicted octanol–water partition coefficient (Wildman–Crippen LogP) is 4.04. The molecule has 1 aliphatic rings. The lowest BCUT2D eigenvalue weighted by atomic mass is 9.95. The van der Waals surface area contributed by atoms with Crippen molar-refractivity contribution >= 4 is 27.9 Å². The number of allylic oxidation sites excluding steroid dienone is 2. The molecule has 0 saturated heterocycles. The number of rotatable bonds is 5. The summed E-state index contributed by atoms with van der Waals surface area (Å²) in [6.07, 6.45) is 0.835. The highest BCUT2D eigenvalue weighted by atomic mass is 32.1. The highest BCUT2D eigenvalue weighted by Gasteiger charge is 2.40. The Morgan fingerprint density at radius 1 is 1.36 bits per heavy atom. The van der Waals surface area contributed by atoms with Gasteiger partial charge in [0.15, 0.2) is 5.13 Å². The fourth-order valence-corrected chi connectivity index (χ4v) is 3.34. The monoisotopic (exact) mass is 410 g/mol. The van der Waals surface area contributed by atoms with Gasteiger partial charge >= 0.3 is 6.18 Å². The number of hydrogen-bond donors (Lipinski definition) is 1. The van der Waals surface area contributed by atoms with E-state index >= 15 is 0 Å². The molecule has 1 amide bonds. The first-order chi connectivity index (χ1) is 13.3. The number of thiazole rings is 1. The Morgan fingerprint density at radius 2 is 2.14 bits per heavy atom. The number of ether oxygens (including phenoxy) is 1. The molecule has 1 atom stereocenters. The standard InChI is InChI=1S/C18H17F3N4O2S/c1-3-11-7-23-13(8-22-11)16(26)25-17-24-14(9-28-17)10-4-5-15(27-2)12(6-10)18(19,20)21/h4,6-9,15H,3,5H2,1-2H3,(H,24,25,26). The third-order valence-electron chi connectivity index (χ3n) is 4.14. The van der Waals surface area contributed by atoms with E-state index < -0.39 is 23.8 Å². The molecule has 2 aromatic rings. The number of aromatic nitrogens is 3. The van der Waals surface area contributed by atoms with E-state index in [0.29, 0.717) is 17.7 Å². The molecule has 0 bridgehead atoms. The topological polar surface area (TPSA) is 77.0 Å². The first kappa shape index (κ1) is 20.2. The van der Waals surface area contributed by atoms with Crippen LogP contribution in [0.15, 0.2) is 35.5 Å². The lowest BCUT2D eigenvalue weighted by molar-refractivity contribution is -0.108. The number of methoxy groups -OCH3 is 1. The first-order valence-electron chi connectivity index (χ1n) is 8.41. The average Bonchev–Trinajstić information content (AvgIpc) is 3.15. The molecule has 2 heterocycles. The van der Waals surface area contributed by atoms with Crippen molar-refractivity contribution in [2.45, 2.75) is 32.0 Å². The number of nitrogens with one attached hydrogen (secondary N) is 1. The van der Waals surface area contributed by atoms with Crippen LogP contribution in [0.4, 0.5) is 18.3 Å². The maximum absolute atomic E-state index is 13.2. The van der Waals surface area contributed by atoms with E-state index in [1.807, 2.05) is 6.92 Å². The van der Waals surface area contributed by atoms with Crippen molar-refractivity contribution in [2.75, 3.05) is 12.4 Å². The first-order valence-corrected chi connectivity index (χ1v) is 9.29. The number of hydrogen-bond acceptors (Lipinski definition) is 6. The molecule has 1 N–H and O–H groups in total. The van der Waals surface area contributed by atoms with Gasteiger partial charge in [-0.25, -0.2) is 9.97 Å². The van der Waals surface area contributed by atoms with Gasteiger partial charge in [0.2, 0.25) is 0 Å². The smallest absolute Gasteiger partial charge is 0.376 e. The van der Waals surface area contributed by atoms with Crippen LogP contribution >= 0.6 is 11.3 Å². The Hall–Kier alpha value is -2.59. The molecule has 0 aromatic carbocycles. The molecular formula is C18H17F3N4O2S. The zero-order valence-electron chi connectivity index (χ0n) is 15.1. The van der Waals surface area contributed by atoms with Crippen molar-refractivity contribution in [3.63, 3.8) is 0 Å². The van der Waals surface area contributed by atoms with Crippen LogP contribution in [0.1, 0.15) is 35.2 Å². The van der Waals surface area contributed by atoms with E-state index in [9.17, 15) is 18.0 Å². The summed E-state index contributed by atoms with van der Waals surface area (Å²) in [7, 11) is 1.25. The second-order valence-corrected chi connectivity index (χ2v) is 6.81. The van der Waals surface area contributed by atoms with E-state index in [0.717, 1.165) is 23.1 Å². The largest absolute Gasteiger partial charge is 0.415 e. The fraction of sp³-hybridized carbons (Fsp3) is 0.333. The number of carbonyl (C=O) groups is 1. The van der Waals surface area contributed by atoms with Crippen LogP contribution in [-0.4, -0.2) is 40.2 Å². The molecule has 0 fully saturated rings. The van der Waals surface area contributed by atoms with Crippen LogP contribution in [0, 0.1) is 0 Å². The number of amides is 1. The molecule has 3 rings (SSSR count). The van der Waals surface area contributed by atoms with Gasteiger partial charge in [0, 0.05) is 18.7 Å². The minimum Gasteiger partial charge on any atom is -0.376 e. The van der Waals surface area contributed by atoms with Gasteiger partial charge in [0.05, 0.1) is 29.3 Å². The number of nitrogens with zero attached hydrogens (tertiary/aromatic N) is 3. The van der Waals surface area contributed by atoms with Crippen molar-refractivity contribution in [2.24, 2.45) is 0 Å². The number of carbonyl (C=O) groups excluding carboxylic acids is 1. The average molecular weight is 410 g/mol. The van der Waals surface area contributed by atoms with Gasteiger partial charge in [0.1, 0.15) is 5.69 Å². The zero-order valence-corrected chi connectivity index (χ0v) is 15.9. The third-order valence-corrected chi connectivity index (χ3v) is 4.90. The van der Waals surface area contributed by atoms with Crippen molar-refractivity contribution in [3.8, 4) is 0 Å². The van der Waals surface area contributed by atoms with Gasteiger partial charge in [-0.15, -0.1) is 11.3 Å². The van der Waals surface area contributed by atoms with Gasteiger partial charge in [-0.05, 0) is 24.5 Å². The van der Waals surface area contributed by atoms with Gasteiger partial charge in [-0.2, -0.15) is 13.2 Å². The van der Waals surface area contributed by atoms with Crippen molar-refractivity contribution in [1.29, 1.82) is 0 Å². The molecule has 0 radical (unpaired) electrons. The number of anilines is 1. The SMILES string of the molecule is CCc1cnc(C(=O)Nc2nc(C3=CCC(OC)C(C(F)(F)F)=C3)cs2)cn1. The molecule has 1 aliphatic carbocycles. The summed E-state index contributed by atoms with van der Waals surface area (Å²) >= 11 is 1.12. The summed E-state index contributed by atoms with van der Waals surface area (Å²) in [5.74, 6) is -0.486. The Kier molecular flexibility index (Phi) is 5.90. The number of alkyl halides is 3. The summed E-state index contributed by atoms with van der Waals surface area (Å²) in [6.45, 7) is 1.92. The van der Waals surface area contributed by atoms with Gasteiger partial charge < -0.3 is 4.74 Å². The normalized spacial score (nSPS) is 17.1. The van der Waals surface area contributed by atoms with E-state index in [-0.39, 0.29) is 17.2 Å². The van der Waals surface area contributed by atoms with Crippen LogP contribution in [0.5, 0.6) is 0 Å². The Bertz CT molecular complexity index is 920. The van der Waals surface area contributed by atoms with E-state index in [2.05, 4.69) is 20.3 Å². The second-order valence-electron chi connectivity index (χ2n) is 5.96. The Labute approximate surface area is 163 Å².